The van der Waals surface area contributed by atoms with Crippen molar-refractivity contribution in [3.8, 4) is 0 Å². The fraction of sp³-hybridized carbons (Fsp3) is 0.603. The van der Waals surface area contributed by atoms with Gasteiger partial charge in [0.15, 0.2) is 6.10 Å². The summed E-state index contributed by atoms with van der Waals surface area (Å²) < 4.78 is 16.7. The lowest BCUT2D eigenvalue weighted by atomic mass is 10.1. The highest BCUT2D eigenvalue weighted by molar-refractivity contribution is 5.71. The van der Waals surface area contributed by atoms with Crippen LogP contribution in [0.15, 0.2) is 122 Å². The van der Waals surface area contributed by atoms with E-state index in [9.17, 15) is 14.4 Å². The van der Waals surface area contributed by atoms with Crippen LogP contribution < -0.4 is 0 Å². The molecule has 0 saturated carbocycles. The van der Waals surface area contributed by atoms with E-state index in [4.69, 9.17) is 14.2 Å². The number of unbranched alkanes of at least 4 members (excludes halogenated alkanes) is 13. The second-order valence-electron chi connectivity index (χ2n) is 16.3. The smallest absolute Gasteiger partial charge is 0.306 e. The SMILES string of the molecule is CC/C=C\C/C=C\C/C=C\C/C=C\C/C=C\CCC(=O)OCC(COC(=O)CCCCCCCCC/C=C\C/C=C\CC)OC(=O)CCCCCCCC/C=C\C/C=C\C/C=C\CC. The van der Waals surface area contributed by atoms with E-state index >= 15 is 0 Å². The van der Waals surface area contributed by atoms with E-state index in [1.165, 1.54) is 38.5 Å². The first-order valence-electron chi connectivity index (χ1n) is 25.5. The van der Waals surface area contributed by atoms with Gasteiger partial charge in [-0.3, -0.25) is 14.4 Å². The minimum atomic E-state index is -0.821. The van der Waals surface area contributed by atoms with E-state index in [-0.39, 0.29) is 37.5 Å². The maximum absolute atomic E-state index is 12.8. The lowest BCUT2D eigenvalue weighted by molar-refractivity contribution is -0.166. The van der Waals surface area contributed by atoms with Gasteiger partial charge in [0.1, 0.15) is 13.2 Å². The molecule has 0 bridgehead atoms. The summed E-state index contributed by atoms with van der Waals surface area (Å²) >= 11 is 0. The Morgan fingerprint density at radius 2 is 0.594 bits per heavy atom. The van der Waals surface area contributed by atoms with Crippen molar-refractivity contribution in [3.05, 3.63) is 122 Å². The van der Waals surface area contributed by atoms with Crippen molar-refractivity contribution >= 4 is 17.9 Å². The van der Waals surface area contributed by atoms with Gasteiger partial charge in [-0.1, -0.05) is 200 Å². The van der Waals surface area contributed by atoms with Crippen LogP contribution in [0.25, 0.3) is 0 Å². The molecule has 6 heteroatoms. The topological polar surface area (TPSA) is 78.9 Å². The molecular weight excluding hydrogens is 793 g/mol. The van der Waals surface area contributed by atoms with E-state index in [0.717, 1.165) is 122 Å². The van der Waals surface area contributed by atoms with Crippen LogP contribution in [0.3, 0.4) is 0 Å². The minimum Gasteiger partial charge on any atom is -0.462 e. The summed E-state index contributed by atoms with van der Waals surface area (Å²) in [6.07, 6.45) is 70.5. The van der Waals surface area contributed by atoms with Crippen molar-refractivity contribution in [1.82, 2.24) is 0 Å². The zero-order valence-corrected chi connectivity index (χ0v) is 41.0. The van der Waals surface area contributed by atoms with Gasteiger partial charge in [0.2, 0.25) is 0 Å². The van der Waals surface area contributed by atoms with Gasteiger partial charge in [-0.05, 0) is 109 Å². The summed E-state index contributed by atoms with van der Waals surface area (Å²) in [4.78, 5) is 38.0. The minimum absolute atomic E-state index is 0.114. The van der Waals surface area contributed by atoms with E-state index in [0.29, 0.717) is 19.3 Å². The second-order valence-corrected chi connectivity index (χ2v) is 16.3. The van der Waals surface area contributed by atoms with Gasteiger partial charge in [-0.15, -0.1) is 0 Å². The van der Waals surface area contributed by atoms with Gasteiger partial charge < -0.3 is 14.2 Å². The van der Waals surface area contributed by atoms with Gasteiger partial charge in [-0.25, -0.2) is 0 Å². The number of rotatable bonds is 44. The number of esters is 3. The summed E-state index contributed by atoms with van der Waals surface area (Å²) in [5.74, 6) is -1.03. The Morgan fingerprint density at radius 1 is 0.312 bits per heavy atom. The molecule has 360 valence electrons. The number of ether oxygens (including phenoxy) is 3. The second kappa shape index (κ2) is 51.4. The van der Waals surface area contributed by atoms with Crippen molar-refractivity contribution in [2.24, 2.45) is 0 Å². The first-order chi connectivity index (χ1) is 31.5. The van der Waals surface area contributed by atoms with E-state index in [1.54, 1.807) is 0 Å². The lowest BCUT2D eigenvalue weighted by Crippen LogP contribution is -2.30. The Bertz CT molecular complexity index is 1390. The molecule has 0 aliphatic carbocycles. The molecule has 0 heterocycles. The molecule has 6 nitrogen and oxygen atoms in total. The van der Waals surface area contributed by atoms with Crippen LogP contribution in [0.1, 0.15) is 207 Å². The Labute approximate surface area is 392 Å². The third-order valence-electron chi connectivity index (χ3n) is 10.2. The van der Waals surface area contributed by atoms with Gasteiger partial charge >= 0.3 is 17.9 Å². The molecule has 1 unspecified atom stereocenters. The predicted molar refractivity (Wildman–Crippen MR) is 274 cm³/mol. The quantitative estimate of drug-likeness (QED) is 0.0262. The van der Waals surface area contributed by atoms with Crippen LogP contribution in [-0.4, -0.2) is 37.2 Å². The number of carbonyl (C=O) groups is 3. The van der Waals surface area contributed by atoms with Gasteiger partial charge in [-0.2, -0.15) is 0 Å². The molecule has 0 radical (unpaired) electrons. The molecule has 0 aromatic heterocycles. The number of allylic oxidation sites excluding steroid dienone is 20. The van der Waals surface area contributed by atoms with Crippen molar-refractivity contribution in [3.63, 3.8) is 0 Å². The fourth-order valence-corrected chi connectivity index (χ4v) is 6.48. The monoisotopic (exact) mass is 885 g/mol. The van der Waals surface area contributed by atoms with Crippen molar-refractivity contribution in [2.45, 2.75) is 213 Å². The molecule has 1 atom stereocenters. The van der Waals surface area contributed by atoms with Crippen LogP contribution >= 0.6 is 0 Å². The average molecular weight is 885 g/mol. The lowest BCUT2D eigenvalue weighted by Gasteiger charge is -2.18. The zero-order chi connectivity index (χ0) is 46.5. The summed E-state index contributed by atoms with van der Waals surface area (Å²) in [5, 5.41) is 0. The molecule has 0 aliphatic heterocycles. The molecule has 0 N–H and O–H groups in total. The highest BCUT2D eigenvalue weighted by atomic mass is 16.6. The van der Waals surface area contributed by atoms with Crippen LogP contribution in [0.2, 0.25) is 0 Å². The summed E-state index contributed by atoms with van der Waals surface area (Å²) in [5.41, 5.74) is 0. The molecule has 64 heavy (non-hydrogen) atoms. The average Bonchev–Trinajstić information content (AvgIpc) is 3.29. The molecule has 0 aromatic carbocycles. The highest BCUT2D eigenvalue weighted by Gasteiger charge is 2.19. The Hall–Kier alpha value is -4.19. The fourth-order valence-electron chi connectivity index (χ4n) is 6.48. The van der Waals surface area contributed by atoms with Crippen molar-refractivity contribution < 1.29 is 28.6 Å². The molecule has 0 saturated heterocycles. The first-order valence-corrected chi connectivity index (χ1v) is 25.5. The van der Waals surface area contributed by atoms with E-state index < -0.39 is 6.10 Å². The Balaban J connectivity index is 4.55. The normalized spacial score (nSPS) is 13.1. The van der Waals surface area contributed by atoms with Crippen LogP contribution in [0, 0.1) is 0 Å². The van der Waals surface area contributed by atoms with Gasteiger partial charge in [0.25, 0.3) is 0 Å². The molecular formula is C58H92O6. The highest BCUT2D eigenvalue weighted by Crippen LogP contribution is 2.13. The molecule has 0 fully saturated rings. The maximum Gasteiger partial charge on any atom is 0.306 e. The molecule has 0 spiro atoms. The van der Waals surface area contributed by atoms with E-state index in [1.807, 2.05) is 12.2 Å². The third kappa shape index (κ3) is 48.8. The Morgan fingerprint density at radius 3 is 0.969 bits per heavy atom. The van der Waals surface area contributed by atoms with Crippen LogP contribution in [0.4, 0.5) is 0 Å². The summed E-state index contributed by atoms with van der Waals surface area (Å²) in [7, 11) is 0. The standard InChI is InChI=1S/C58H92O6/c1-4-7-10-13-16-19-22-25-28-30-33-36-39-42-45-48-51-57(60)63-54-55(53-62-56(59)50-47-44-41-38-35-32-27-24-21-18-15-12-9-6-3)64-58(61)52-49-46-43-40-37-34-31-29-26-23-20-17-14-11-8-5-2/h7-12,16-21,25-26,28-29,33,36,42,45,55H,4-6,13-15,22-24,27,30-32,34-35,37-41,43-44,46-54H2,1-3H3/b10-7-,11-8-,12-9-,19-16-,20-17-,21-18-,28-25-,29-26-,36-33-,45-42-. The molecule has 0 aliphatic rings. The third-order valence-corrected chi connectivity index (χ3v) is 10.2. The number of hydrogen-bond acceptors (Lipinski definition) is 6. The summed E-state index contributed by atoms with van der Waals surface area (Å²) in [6, 6.07) is 0. The molecule has 0 amide bonds. The molecule has 0 rings (SSSR count). The largest absolute Gasteiger partial charge is 0.462 e. The van der Waals surface area contributed by atoms with Crippen molar-refractivity contribution in [2.75, 3.05) is 13.2 Å². The maximum atomic E-state index is 12.8. The van der Waals surface area contributed by atoms with Gasteiger partial charge in [0.05, 0.1) is 0 Å². The Kier molecular flexibility index (Phi) is 48.1. The first kappa shape index (κ1) is 59.8. The van der Waals surface area contributed by atoms with Crippen LogP contribution in [-0.2, 0) is 28.6 Å². The van der Waals surface area contributed by atoms with Crippen molar-refractivity contribution in [1.29, 1.82) is 0 Å². The number of carbonyl (C=O) groups excluding carboxylic acids is 3. The van der Waals surface area contributed by atoms with E-state index in [2.05, 4.69) is 130 Å². The summed E-state index contributed by atoms with van der Waals surface area (Å²) in [6.45, 7) is 6.21. The number of hydrogen-bond donors (Lipinski definition) is 0. The predicted octanol–water partition coefficient (Wildman–Crippen LogP) is 16.9. The van der Waals surface area contributed by atoms with Gasteiger partial charge in [0, 0.05) is 19.3 Å². The van der Waals surface area contributed by atoms with Crippen LogP contribution in [0.5, 0.6) is 0 Å². The molecule has 0 aromatic rings. The zero-order valence-electron chi connectivity index (χ0n) is 41.0.